The van der Waals surface area contributed by atoms with Gasteiger partial charge >= 0.3 is 0 Å². The van der Waals surface area contributed by atoms with Gasteiger partial charge in [-0.25, -0.2) is 0 Å². The van der Waals surface area contributed by atoms with Crippen LogP contribution in [0.15, 0.2) is 33.5 Å². The molecular formula is C27H30O16. The molecule has 234 valence electrons. The first-order chi connectivity index (χ1) is 20.3. The van der Waals surface area contributed by atoms with E-state index < -0.39 is 114 Å². The second-order valence-corrected chi connectivity index (χ2v) is 10.3. The number of phenolic OH excluding ortho intramolecular Hbond substituents is 4. The summed E-state index contributed by atoms with van der Waals surface area (Å²) in [6.45, 7) is 0.228. The van der Waals surface area contributed by atoms with Crippen molar-refractivity contribution in [1.29, 1.82) is 0 Å². The minimum Gasteiger partial charge on any atom is -0.508 e. The van der Waals surface area contributed by atoms with Gasteiger partial charge in [-0.15, -0.1) is 0 Å². The van der Waals surface area contributed by atoms with Gasteiger partial charge in [-0.3, -0.25) is 4.79 Å². The molecule has 16 nitrogen and oxygen atoms in total. The average molecular weight is 611 g/mol. The number of aromatic hydroxyl groups is 4. The van der Waals surface area contributed by atoms with Crippen molar-refractivity contribution >= 4 is 11.0 Å². The molecule has 16 heteroatoms. The third-order valence-corrected chi connectivity index (χ3v) is 7.29. The molecule has 0 spiro atoms. The lowest BCUT2D eigenvalue weighted by Gasteiger charge is -2.40. The van der Waals surface area contributed by atoms with E-state index in [0.717, 1.165) is 18.2 Å². The van der Waals surface area contributed by atoms with Crippen molar-refractivity contribution in [3.05, 3.63) is 40.1 Å². The lowest BCUT2D eigenvalue weighted by molar-refractivity contribution is -0.290. The van der Waals surface area contributed by atoms with Gasteiger partial charge in [0.2, 0.25) is 17.5 Å². The molecule has 2 fully saturated rings. The fourth-order valence-electron chi connectivity index (χ4n) is 4.92. The van der Waals surface area contributed by atoms with Crippen LogP contribution in [0, 0.1) is 6.92 Å². The molecule has 2 aliphatic heterocycles. The van der Waals surface area contributed by atoms with Crippen molar-refractivity contribution in [2.75, 3.05) is 13.2 Å². The molecule has 10 N–H and O–H groups in total. The Bertz CT molecular complexity index is 1530. The van der Waals surface area contributed by atoms with Gasteiger partial charge in [0.05, 0.1) is 13.2 Å². The first kappa shape index (κ1) is 30.7. The molecular weight excluding hydrogens is 580 g/mol. The molecule has 0 saturated carbocycles. The van der Waals surface area contributed by atoms with Crippen LogP contribution in [0.3, 0.4) is 0 Å². The fraction of sp³-hybridized carbons (Fsp3) is 0.444. The molecule has 1 aromatic heterocycles. The summed E-state index contributed by atoms with van der Waals surface area (Å²) in [5.41, 5.74) is -1.16. The average Bonchev–Trinajstić information content (AvgIpc) is 3.23. The molecule has 9 atom stereocenters. The number of fused-ring (bicyclic) bond motifs is 1. The van der Waals surface area contributed by atoms with Gasteiger partial charge in [0.25, 0.3) is 0 Å². The smallest absolute Gasteiger partial charge is 0.239 e. The molecule has 0 bridgehead atoms. The number of aliphatic hydroxyl groups is 6. The summed E-state index contributed by atoms with van der Waals surface area (Å²) < 4.78 is 27.7. The third-order valence-electron chi connectivity index (χ3n) is 7.29. The SMILES string of the molecule is Cc1cc(-c2oc3cc(O)cc(O)c3c(=O)c2O[C@@H]2O[C@H](CO[C@@H]3O[C@H](CO)[C@@H](O)[C@H]3O)[C@H](O)[C@H](O)[C@H]2O)cc(O)c1O. The van der Waals surface area contributed by atoms with Crippen molar-refractivity contribution in [1.82, 2.24) is 0 Å². The Kier molecular flexibility index (Phi) is 8.41. The quantitative estimate of drug-likeness (QED) is 0.133. The summed E-state index contributed by atoms with van der Waals surface area (Å²) in [6, 6.07) is 4.27. The fourth-order valence-corrected chi connectivity index (χ4v) is 4.92. The summed E-state index contributed by atoms with van der Waals surface area (Å²) >= 11 is 0. The van der Waals surface area contributed by atoms with Crippen molar-refractivity contribution in [2.24, 2.45) is 0 Å². The predicted octanol–water partition coefficient (Wildman–Crippen LogP) is -1.77. The predicted molar refractivity (Wildman–Crippen MR) is 140 cm³/mol. The van der Waals surface area contributed by atoms with Gasteiger partial charge < -0.3 is 74.4 Å². The lowest BCUT2D eigenvalue weighted by Crippen LogP contribution is -2.60. The molecule has 3 heterocycles. The number of benzene rings is 2. The molecule has 2 aromatic carbocycles. The summed E-state index contributed by atoms with van der Waals surface area (Å²) in [5.74, 6) is -3.25. The van der Waals surface area contributed by atoms with Gasteiger partial charge in [-0.1, -0.05) is 0 Å². The molecule has 43 heavy (non-hydrogen) atoms. The summed E-state index contributed by atoms with van der Waals surface area (Å²) in [5, 5.41) is 101. The second-order valence-electron chi connectivity index (χ2n) is 10.3. The van der Waals surface area contributed by atoms with E-state index in [2.05, 4.69) is 0 Å². The Hall–Kier alpha value is -3.71. The zero-order valence-corrected chi connectivity index (χ0v) is 22.3. The first-order valence-electron chi connectivity index (χ1n) is 13.0. The minimum absolute atomic E-state index is 0.0141. The molecule has 2 saturated heterocycles. The molecule has 0 unspecified atom stereocenters. The lowest BCUT2D eigenvalue weighted by atomic mass is 9.99. The Morgan fingerprint density at radius 2 is 1.44 bits per heavy atom. The van der Waals surface area contributed by atoms with Crippen LogP contribution in [0.5, 0.6) is 28.7 Å². The van der Waals surface area contributed by atoms with Gasteiger partial charge in [0, 0.05) is 17.7 Å². The van der Waals surface area contributed by atoms with Crippen LogP contribution in [0.1, 0.15) is 5.56 Å². The number of hydrogen-bond donors (Lipinski definition) is 10. The topological polar surface area (TPSA) is 269 Å². The van der Waals surface area contributed by atoms with E-state index in [9.17, 15) is 55.9 Å². The molecule has 2 aliphatic rings. The molecule has 3 aromatic rings. The Morgan fingerprint density at radius 1 is 0.791 bits per heavy atom. The van der Waals surface area contributed by atoms with Crippen molar-refractivity contribution < 1.29 is 74.4 Å². The van der Waals surface area contributed by atoms with E-state index in [4.69, 9.17) is 23.4 Å². The maximum absolute atomic E-state index is 13.6. The van der Waals surface area contributed by atoms with Gasteiger partial charge in [0.1, 0.15) is 65.2 Å². The van der Waals surface area contributed by atoms with Crippen molar-refractivity contribution in [3.63, 3.8) is 0 Å². The number of aryl methyl sites for hydroxylation is 1. The first-order valence-corrected chi connectivity index (χ1v) is 13.0. The van der Waals surface area contributed by atoms with Crippen LogP contribution in [-0.2, 0) is 14.2 Å². The highest BCUT2D eigenvalue weighted by Gasteiger charge is 2.48. The standard InChI is InChI=1S/C27H30O16/c1-8-2-9(3-12(31)17(8)32)24-25(20(35)16-11(30)4-10(29)5-13(16)40-24)43-27-23(38)21(36)19(34)15(42-27)7-39-26-22(37)18(33)14(6-28)41-26/h2-5,14-15,18-19,21-23,26-34,36-38H,6-7H2,1H3/t14-,15-,18-,19+,21+,22-,23-,26-,27+/m1/s1. The van der Waals surface area contributed by atoms with E-state index in [1.165, 1.54) is 13.0 Å². The number of hydrogen-bond acceptors (Lipinski definition) is 16. The highest BCUT2D eigenvalue weighted by Crippen LogP contribution is 2.40. The number of phenols is 4. The summed E-state index contributed by atoms with van der Waals surface area (Å²) in [4.78, 5) is 13.6. The zero-order chi connectivity index (χ0) is 31.3. The van der Waals surface area contributed by atoms with E-state index in [1.807, 2.05) is 0 Å². The molecule has 5 rings (SSSR count). The minimum atomic E-state index is -1.97. The largest absolute Gasteiger partial charge is 0.508 e. The van der Waals surface area contributed by atoms with Gasteiger partial charge in [0.15, 0.2) is 23.5 Å². The summed E-state index contributed by atoms with van der Waals surface area (Å²) in [7, 11) is 0. The van der Waals surface area contributed by atoms with Gasteiger partial charge in [-0.05, 0) is 24.6 Å². The van der Waals surface area contributed by atoms with Crippen LogP contribution in [0.25, 0.3) is 22.3 Å². The Balaban J connectivity index is 1.50. The number of aliphatic hydroxyl groups excluding tert-OH is 6. The van der Waals surface area contributed by atoms with Crippen molar-refractivity contribution in [2.45, 2.75) is 62.2 Å². The maximum atomic E-state index is 13.6. The van der Waals surface area contributed by atoms with Crippen LogP contribution < -0.4 is 10.2 Å². The van der Waals surface area contributed by atoms with E-state index in [-0.39, 0.29) is 16.7 Å². The Morgan fingerprint density at radius 3 is 2.09 bits per heavy atom. The number of rotatable bonds is 7. The number of ether oxygens (including phenoxy) is 4. The van der Waals surface area contributed by atoms with Crippen LogP contribution in [-0.4, -0.2) is 120 Å². The van der Waals surface area contributed by atoms with Crippen LogP contribution >= 0.6 is 0 Å². The zero-order valence-electron chi connectivity index (χ0n) is 22.3. The molecule has 0 radical (unpaired) electrons. The van der Waals surface area contributed by atoms with E-state index in [1.54, 1.807) is 0 Å². The Labute approximate surface area is 241 Å². The van der Waals surface area contributed by atoms with Crippen LogP contribution in [0.4, 0.5) is 0 Å². The summed E-state index contributed by atoms with van der Waals surface area (Å²) in [6.07, 6.45) is -14.6. The normalized spacial score (nSPS) is 31.0. The van der Waals surface area contributed by atoms with E-state index in [0.29, 0.717) is 0 Å². The monoisotopic (exact) mass is 610 g/mol. The highest BCUT2D eigenvalue weighted by molar-refractivity contribution is 5.88. The maximum Gasteiger partial charge on any atom is 0.239 e. The second kappa shape index (κ2) is 11.8. The van der Waals surface area contributed by atoms with Gasteiger partial charge in [-0.2, -0.15) is 0 Å². The molecule has 0 amide bonds. The molecule has 0 aliphatic carbocycles. The highest BCUT2D eigenvalue weighted by atomic mass is 16.7. The third kappa shape index (κ3) is 5.55. The van der Waals surface area contributed by atoms with E-state index >= 15 is 0 Å². The van der Waals surface area contributed by atoms with Crippen LogP contribution in [0.2, 0.25) is 0 Å². The van der Waals surface area contributed by atoms with Crippen molar-refractivity contribution in [3.8, 4) is 40.1 Å².